The topological polar surface area (TPSA) is 80.3 Å². The fraction of sp³-hybridized carbons (Fsp3) is 0.438. The molecule has 1 saturated heterocycles. The minimum Gasteiger partial charge on any atom is -0.459 e. The third kappa shape index (κ3) is 5.18. The number of carbonyl (C=O) groups excluding carboxylic acids is 2. The summed E-state index contributed by atoms with van der Waals surface area (Å²) in [4.78, 5) is 24.0. The van der Waals surface area contributed by atoms with Gasteiger partial charge in [0, 0.05) is 0 Å². The molecule has 0 atom stereocenters. The predicted octanol–water partition coefficient (Wildman–Crippen LogP) is 3.01. The number of ether oxygens (including phenoxy) is 3. The highest BCUT2D eigenvalue weighted by Crippen LogP contribution is 2.26. The van der Waals surface area contributed by atoms with Crippen LogP contribution >= 0.6 is 23.8 Å². The number of methoxy groups -OCH3 is 1. The van der Waals surface area contributed by atoms with Crippen LogP contribution in [0.4, 0.5) is 14.9 Å². The summed E-state index contributed by atoms with van der Waals surface area (Å²) < 4.78 is 29.4. The molecule has 0 radical (unpaired) electrons. The van der Waals surface area contributed by atoms with Crippen LogP contribution in [0.15, 0.2) is 12.1 Å². The summed E-state index contributed by atoms with van der Waals surface area (Å²) in [6, 6.07) is 2.18. The van der Waals surface area contributed by atoms with Crippen molar-refractivity contribution < 1.29 is 28.2 Å². The van der Waals surface area contributed by atoms with Gasteiger partial charge in [-0.1, -0.05) is 11.6 Å². The molecule has 1 aliphatic rings. The number of nitrogens with zero attached hydrogens (tertiary/aromatic N) is 2. The van der Waals surface area contributed by atoms with Crippen molar-refractivity contribution in [1.82, 2.24) is 10.0 Å². The molecule has 1 amide bonds. The Labute approximate surface area is 166 Å². The van der Waals surface area contributed by atoms with Gasteiger partial charge < -0.3 is 19.5 Å². The lowest BCUT2D eigenvalue weighted by Gasteiger charge is -2.38. The molecule has 1 aromatic carbocycles. The summed E-state index contributed by atoms with van der Waals surface area (Å²) in [5.74, 6) is -1.42. The molecule has 1 N–H and O–H groups in total. The van der Waals surface area contributed by atoms with E-state index in [2.05, 4.69) is 5.32 Å². The molecule has 1 aliphatic heterocycles. The molecule has 8 nitrogen and oxygen atoms in total. The number of esters is 1. The quantitative estimate of drug-likeness (QED) is 0.591. The van der Waals surface area contributed by atoms with Gasteiger partial charge in [-0.05, 0) is 38.2 Å². The Morgan fingerprint density at radius 1 is 1.37 bits per heavy atom. The molecule has 148 valence electrons. The molecule has 0 spiro atoms. The second-order valence-electron chi connectivity index (χ2n) is 5.73. The standard InChI is InChI=1S/C16H19ClFN3O5S/c1-9(2)26-14(22)10-6-13(12(18)7-11(10)17)19-15(27)21-8-25-5-4-20(21)16(23)24-3/h6-7,9H,4-5,8H2,1-3H3,(H,19,27). The summed E-state index contributed by atoms with van der Waals surface area (Å²) in [6.45, 7) is 3.85. The van der Waals surface area contributed by atoms with E-state index >= 15 is 0 Å². The molecule has 0 unspecified atom stereocenters. The zero-order valence-corrected chi connectivity index (χ0v) is 16.5. The zero-order chi connectivity index (χ0) is 20.1. The molecule has 1 aromatic rings. The number of amides is 1. The number of carbonyl (C=O) groups is 2. The molecule has 0 aliphatic carbocycles. The molecule has 2 rings (SSSR count). The Morgan fingerprint density at radius 3 is 2.70 bits per heavy atom. The number of hydrogen-bond donors (Lipinski definition) is 1. The molecule has 1 fully saturated rings. The van der Waals surface area contributed by atoms with Crippen LogP contribution in [0.2, 0.25) is 5.02 Å². The van der Waals surface area contributed by atoms with Crippen molar-refractivity contribution in [2.24, 2.45) is 0 Å². The van der Waals surface area contributed by atoms with Gasteiger partial charge in [0.25, 0.3) is 0 Å². The van der Waals surface area contributed by atoms with Crippen molar-refractivity contribution in [3.05, 3.63) is 28.5 Å². The van der Waals surface area contributed by atoms with Crippen molar-refractivity contribution in [3.8, 4) is 0 Å². The molecule has 0 aromatic heterocycles. The number of rotatable bonds is 3. The minimum atomic E-state index is -0.731. The fourth-order valence-corrected chi connectivity index (χ4v) is 2.70. The molecule has 1 heterocycles. The first-order chi connectivity index (χ1) is 12.7. The van der Waals surface area contributed by atoms with E-state index in [0.29, 0.717) is 6.61 Å². The smallest absolute Gasteiger partial charge is 0.428 e. The molecule has 0 saturated carbocycles. The Hall–Kier alpha value is -2.17. The number of halogens is 2. The summed E-state index contributed by atoms with van der Waals surface area (Å²) in [7, 11) is 1.23. The third-order valence-electron chi connectivity index (χ3n) is 3.43. The fourth-order valence-electron chi connectivity index (χ4n) is 2.21. The number of hydrogen-bond acceptors (Lipinski definition) is 6. The first kappa shape index (κ1) is 21.1. The number of anilines is 1. The van der Waals surface area contributed by atoms with E-state index in [1.807, 2.05) is 0 Å². The van der Waals surface area contributed by atoms with Crippen LogP contribution in [0.3, 0.4) is 0 Å². The largest absolute Gasteiger partial charge is 0.459 e. The van der Waals surface area contributed by atoms with Crippen molar-refractivity contribution >= 4 is 46.7 Å². The highest BCUT2D eigenvalue weighted by atomic mass is 35.5. The number of benzene rings is 1. The van der Waals surface area contributed by atoms with Crippen molar-refractivity contribution in [3.63, 3.8) is 0 Å². The van der Waals surface area contributed by atoms with Crippen LogP contribution in [-0.4, -0.2) is 60.3 Å². The predicted molar refractivity (Wildman–Crippen MR) is 100.0 cm³/mol. The highest BCUT2D eigenvalue weighted by molar-refractivity contribution is 7.80. The van der Waals surface area contributed by atoms with Crippen LogP contribution in [-0.2, 0) is 14.2 Å². The lowest BCUT2D eigenvalue weighted by molar-refractivity contribution is -0.0963. The first-order valence-corrected chi connectivity index (χ1v) is 8.75. The second kappa shape index (κ2) is 9.16. The minimum absolute atomic E-state index is 0.0169. The lowest BCUT2D eigenvalue weighted by atomic mass is 10.2. The van der Waals surface area contributed by atoms with Gasteiger partial charge in [-0.2, -0.15) is 0 Å². The normalized spacial score (nSPS) is 14.1. The van der Waals surface area contributed by atoms with Crippen LogP contribution in [0.5, 0.6) is 0 Å². The van der Waals surface area contributed by atoms with Gasteiger partial charge in [-0.3, -0.25) is 0 Å². The molecular weight excluding hydrogens is 401 g/mol. The van der Waals surface area contributed by atoms with Gasteiger partial charge in [0.05, 0.1) is 42.6 Å². The van der Waals surface area contributed by atoms with Gasteiger partial charge >= 0.3 is 12.1 Å². The molecule has 11 heteroatoms. The summed E-state index contributed by atoms with van der Waals surface area (Å²) >= 11 is 11.2. The maximum Gasteiger partial charge on any atom is 0.428 e. The maximum atomic E-state index is 14.3. The zero-order valence-electron chi connectivity index (χ0n) is 15.0. The van der Waals surface area contributed by atoms with E-state index in [9.17, 15) is 14.0 Å². The molecule has 27 heavy (non-hydrogen) atoms. The Balaban J connectivity index is 2.23. The first-order valence-electron chi connectivity index (χ1n) is 7.96. The van der Waals surface area contributed by atoms with Gasteiger partial charge in [0.15, 0.2) is 5.11 Å². The van der Waals surface area contributed by atoms with Crippen LogP contribution in [0.1, 0.15) is 24.2 Å². The summed E-state index contributed by atoms with van der Waals surface area (Å²) in [6.07, 6.45) is -1.00. The van der Waals surface area contributed by atoms with Crippen molar-refractivity contribution in [1.29, 1.82) is 0 Å². The van der Waals surface area contributed by atoms with Gasteiger partial charge in [0.1, 0.15) is 12.5 Å². The molecule has 0 bridgehead atoms. The summed E-state index contributed by atoms with van der Waals surface area (Å²) in [5.41, 5.74) is -0.118. The van der Waals surface area contributed by atoms with Crippen molar-refractivity contribution in [2.75, 3.05) is 32.3 Å². The Morgan fingerprint density at radius 2 is 2.07 bits per heavy atom. The second-order valence-corrected chi connectivity index (χ2v) is 6.52. The SMILES string of the molecule is COC(=O)N1CCOCN1C(=S)Nc1cc(C(=O)OC(C)C)c(Cl)cc1F. The van der Waals surface area contributed by atoms with Crippen LogP contribution in [0, 0.1) is 5.82 Å². The number of hydrazine groups is 1. The van der Waals surface area contributed by atoms with Gasteiger partial charge in [-0.25, -0.2) is 24.0 Å². The Bertz CT molecular complexity index is 749. The van der Waals surface area contributed by atoms with Crippen LogP contribution in [0.25, 0.3) is 0 Å². The van der Waals surface area contributed by atoms with E-state index in [1.165, 1.54) is 23.2 Å². The van der Waals surface area contributed by atoms with Crippen LogP contribution < -0.4 is 5.32 Å². The van der Waals surface area contributed by atoms with Gasteiger partial charge in [-0.15, -0.1) is 0 Å². The maximum absolute atomic E-state index is 14.3. The number of nitrogens with one attached hydrogen (secondary N) is 1. The van der Waals surface area contributed by atoms with E-state index < -0.39 is 17.9 Å². The van der Waals surface area contributed by atoms with Gasteiger partial charge in [0.2, 0.25) is 0 Å². The van der Waals surface area contributed by atoms with E-state index in [-0.39, 0.29) is 40.8 Å². The van der Waals surface area contributed by atoms with Crippen molar-refractivity contribution in [2.45, 2.75) is 20.0 Å². The average molecular weight is 420 g/mol. The monoisotopic (exact) mass is 419 g/mol. The highest BCUT2D eigenvalue weighted by Gasteiger charge is 2.29. The van der Waals surface area contributed by atoms with E-state index in [1.54, 1.807) is 13.8 Å². The lowest BCUT2D eigenvalue weighted by Crippen LogP contribution is -2.56. The Kier molecular flexibility index (Phi) is 7.17. The van der Waals surface area contributed by atoms with E-state index in [0.717, 1.165) is 6.07 Å². The third-order valence-corrected chi connectivity index (χ3v) is 4.06. The molecular formula is C16H19ClFN3O5S. The average Bonchev–Trinajstić information content (AvgIpc) is 2.62. The van der Waals surface area contributed by atoms with E-state index in [4.69, 9.17) is 38.0 Å². The number of thiocarbonyl (C=S) groups is 1. The summed E-state index contributed by atoms with van der Waals surface area (Å²) in [5, 5.41) is 5.04.